The largest absolute Gasteiger partial charge is 0.372 e. The van der Waals surface area contributed by atoms with Crippen LogP contribution in [0.3, 0.4) is 0 Å². The molecular weight excluding hydrogens is 350 g/mol. The zero-order chi connectivity index (χ0) is 19.5. The molecule has 2 N–H and O–H groups in total. The predicted molar refractivity (Wildman–Crippen MR) is 111 cm³/mol. The number of amides is 1. The summed E-state index contributed by atoms with van der Waals surface area (Å²) in [6.45, 7) is 6.88. The summed E-state index contributed by atoms with van der Waals surface area (Å²) >= 11 is 0. The fourth-order valence-corrected chi connectivity index (χ4v) is 3.93. The molecule has 0 spiro atoms. The minimum absolute atomic E-state index is 0.0833. The summed E-state index contributed by atoms with van der Waals surface area (Å²) in [5.41, 5.74) is 4.34. The number of nitrogens with zero attached hydrogens (tertiary/aromatic N) is 1. The highest BCUT2D eigenvalue weighted by atomic mass is 16.5. The Balaban J connectivity index is 1.34. The molecule has 2 unspecified atom stereocenters. The molecule has 28 heavy (non-hydrogen) atoms. The van der Waals surface area contributed by atoms with E-state index in [1.807, 2.05) is 49.2 Å². The number of fused-ring (bicyclic) bond motifs is 1. The molecule has 2 aromatic carbocycles. The van der Waals surface area contributed by atoms with Gasteiger partial charge in [-0.1, -0.05) is 30.3 Å². The van der Waals surface area contributed by atoms with Crippen LogP contribution in [0, 0.1) is 0 Å². The Hall–Kier alpha value is -2.63. The van der Waals surface area contributed by atoms with Crippen molar-refractivity contribution in [2.45, 2.75) is 39.1 Å². The molecule has 5 nitrogen and oxygen atoms in total. The van der Waals surface area contributed by atoms with E-state index >= 15 is 0 Å². The molecule has 0 saturated carbocycles. The SMILES string of the molecule is CC1CN(C(=O)c2ccc(CNCc3cccc4cc[nH]c34)cc2)CC(C)O1. The van der Waals surface area contributed by atoms with Crippen LogP contribution in [0.4, 0.5) is 0 Å². The number of ether oxygens (including phenoxy) is 1. The minimum atomic E-state index is 0.0833. The number of hydrogen-bond donors (Lipinski definition) is 2. The van der Waals surface area contributed by atoms with Gasteiger partial charge in [-0.2, -0.15) is 0 Å². The van der Waals surface area contributed by atoms with E-state index in [1.165, 1.54) is 22.0 Å². The molecule has 5 heteroatoms. The second kappa shape index (κ2) is 8.17. The molecule has 0 bridgehead atoms. The van der Waals surface area contributed by atoms with Gasteiger partial charge in [0.2, 0.25) is 0 Å². The Kier molecular flexibility index (Phi) is 5.46. The molecule has 1 fully saturated rings. The lowest BCUT2D eigenvalue weighted by Crippen LogP contribution is -2.48. The topological polar surface area (TPSA) is 57.4 Å². The van der Waals surface area contributed by atoms with Crippen molar-refractivity contribution in [1.82, 2.24) is 15.2 Å². The van der Waals surface area contributed by atoms with Gasteiger partial charge in [0.05, 0.1) is 12.2 Å². The van der Waals surface area contributed by atoms with Gasteiger partial charge in [0.15, 0.2) is 0 Å². The van der Waals surface area contributed by atoms with E-state index in [1.54, 1.807) is 0 Å². The van der Waals surface area contributed by atoms with Crippen molar-refractivity contribution in [1.29, 1.82) is 0 Å². The standard InChI is InChI=1S/C23H27N3O2/c1-16-14-26(15-17(2)28-16)23(27)20-8-6-18(7-9-20)12-24-13-21-5-3-4-19-10-11-25-22(19)21/h3-11,16-17,24-25H,12-15H2,1-2H3. The van der Waals surface area contributed by atoms with E-state index in [9.17, 15) is 4.79 Å². The average molecular weight is 377 g/mol. The van der Waals surface area contributed by atoms with Crippen molar-refractivity contribution in [2.24, 2.45) is 0 Å². The van der Waals surface area contributed by atoms with Crippen LogP contribution in [0.15, 0.2) is 54.7 Å². The molecule has 2 heterocycles. The van der Waals surface area contributed by atoms with Gasteiger partial charge in [-0.15, -0.1) is 0 Å². The van der Waals surface area contributed by atoms with E-state index in [2.05, 4.69) is 34.6 Å². The molecular formula is C23H27N3O2. The summed E-state index contributed by atoms with van der Waals surface area (Å²) in [5.74, 6) is 0.0833. The third kappa shape index (κ3) is 4.11. The maximum Gasteiger partial charge on any atom is 0.254 e. The highest BCUT2D eigenvalue weighted by molar-refractivity contribution is 5.94. The van der Waals surface area contributed by atoms with Crippen molar-refractivity contribution in [3.05, 3.63) is 71.4 Å². The first-order valence-corrected chi connectivity index (χ1v) is 9.89. The molecule has 1 amide bonds. The van der Waals surface area contributed by atoms with Gasteiger partial charge < -0.3 is 19.9 Å². The normalized spacial score (nSPS) is 19.9. The molecule has 1 aromatic heterocycles. The molecule has 3 aromatic rings. The number of morpholine rings is 1. The fraction of sp³-hybridized carbons (Fsp3) is 0.348. The smallest absolute Gasteiger partial charge is 0.254 e. The lowest BCUT2D eigenvalue weighted by Gasteiger charge is -2.35. The molecule has 1 aliphatic heterocycles. The molecule has 2 atom stereocenters. The Morgan fingerprint density at radius 2 is 1.82 bits per heavy atom. The number of H-pyrrole nitrogens is 1. The van der Waals surface area contributed by atoms with Crippen molar-refractivity contribution in [3.8, 4) is 0 Å². The average Bonchev–Trinajstić information content (AvgIpc) is 3.17. The number of carbonyl (C=O) groups is 1. The van der Waals surface area contributed by atoms with Gasteiger partial charge in [0, 0.05) is 43.5 Å². The number of nitrogens with one attached hydrogen (secondary N) is 2. The van der Waals surface area contributed by atoms with Gasteiger partial charge in [-0.25, -0.2) is 0 Å². The second-order valence-electron chi connectivity index (χ2n) is 7.63. The fourth-order valence-electron chi connectivity index (χ4n) is 3.93. The number of rotatable bonds is 5. The first-order chi connectivity index (χ1) is 13.6. The van der Waals surface area contributed by atoms with Gasteiger partial charge in [0.1, 0.15) is 0 Å². The van der Waals surface area contributed by atoms with Crippen LogP contribution >= 0.6 is 0 Å². The Bertz CT molecular complexity index is 938. The second-order valence-corrected chi connectivity index (χ2v) is 7.63. The third-order valence-electron chi connectivity index (χ3n) is 5.23. The maximum absolute atomic E-state index is 12.8. The molecule has 1 aliphatic rings. The van der Waals surface area contributed by atoms with Crippen LogP contribution in [-0.2, 0) is 17.8 Å². The van der Waals surface area contributed by atoms with Crippen molar-refractivity contribution in [2.75, 3.05) is 13.1 Å². The van der Waals surface area contributed by atoms with Crippen LogP contribution in [0.25, 0.3) is 10.9 Å². The Morgan fingerprint density at radius 3 is 2.57 bits per heavy atom. The summed E-state index contributed by atoms with van der Waals surface area (Å²) in [5, 5.41) is 4.72. The first kappa shape index (κ1) is 18.7. The van der Waals surface area contributed by atoms with Crippen LogP contribution < -0.4 is 5.32 Å². The lowest BCUT2D eigenvalue weighted by atomic mass is 10.1. The summed E-state index contributed by atoms with van der Waals surface area (Å²) in [6, 6.07) is 16.3. The van der Waals surface area contributed by atoms with Gasteiger partial charge in [-0.05, 0) is 48.6 Å². The Morgan fingerprint density at radius 1 is 1.07 bits per heavy atom. The molecule has 146 valence electrons. The number of aromatic nitrogens is 1. The Labute approximate surface area is 165 Å². The van der Waals surface area contributed by atoms with Crippen LogP contribution in [0.1, 0.15) is 35.3 Å². The lowest BCUT2D eigenvalue weighted by molar-refractivity contribution is -0.0586. The third-order valence-corrected chi connectivity index (χ3v) is 5.23. The van der Waals surface area contributed by atoms with E-state index in [-0.39, 0.29) is 18.1 Å². The highest BCUT2D eigenvalue weighted by Crippen LogP contribution is 2.17. The minimum Gasteiger partial charge on any atom is -0.372 e. The van der Waals surface area contributed by atoms with E-state index < -0.39 is 0 Å². The first-order valence-electron chi connectivity index (χ1n) is 9.89. The van der Waals surface area contributed by atoms with E-state index in [0.29, 0.717) is 13.1 Å². The molecule has 1 saturated heterocycles. The summed E-state index contributed by atoms with van der Waals surface area (Å²) in [4.78, 5) is 17.9. The highest BCUT2D eigenvalue weighted by Gasteiger charge is 2.26. The predicted octanol–water partition coefficient (Wildman–Crippen LogP) is 3.71. The van der Waals surface area contributed by atoms with Crippen LogP contribution in [0.5, 0.6) is 0 Å². The number of hydrogen-bond acceptors (Lipinski definition) is 3. The van der Waals surface area contributed by atoms with Crippen LogP contribution in [0.2, 0.25) is 0 Å². The van der Waals surface area contributed by atoms with Gasteiger partial charge in [0.25, 0.3) is 5.91 Å². The number of carbonyl (C=O) groups excluding carboxylic acids is 1. The zero-order valence-corrected chi connectivity index (χ0v) is 16.4. The maximum atomic E-state index is 12.8. The van der Waals surface area contributed by atoms with Crippen molar-refractivity contribution in [3.63, 3.8) is 0 Å². The van der Waals surface area contributed by atoms with E-state index in [4.69, 9.17) is 4.74 Å². The van der Waals surface area contributed by atoms with Gasteiger partial charge in [-0.3, -0.25) is 4.79 Å². The van der Waals surface area contributed by atoms with Crippen LogP contribution in [-0.4, -0.2) is 41.1 Å². The van der Waals surface area contributed by atoms with Gasteiger partial charge >= 0.3 is 0 Å². The van der Waals surface area contributed by atoms with Crippen molar-refractivity contribution < 1.29 is 9.53 Å². The summed E-state index contributed by atoms with van der Waals surface area (Å²) in [7, 11) is 0. The number of aromatic amines is 1. The molecule has 0 radical (unpaired) electrons. The molecule has 0 aliphatic carbocycles. The van der Waals surface area contributed by atoms with Crippen molar-refractivity contribution >= 4 is 16.8 Å². The number of benzene rings is 2. The molecule has 4 rings (SSSR count). The summed E-state index contributed by atoms with van der Waals surface area (Å²) < 4.78 is 5.72. The number of para-hydroxylation sites is 1. The zero-order valence-electron chi connectivity index (χ0n) is 16.4. The monoisotopic (exact) mass is 377 g/mol. The van der Waals surface area contributed by atoms with E-state index in [0.717, 1.165) is 18.7 Å². The summed E-state index contributed by atoms with van der Waals surface area (Å²) in [6.07, 6.45) is 2.14. The quantitative estimate of drug-likeness (QED) is 0.713.